The van der Waals surface area contributed by atoms with E-state index in [1.165, 1.54) is 0 Å². The summed E-state index contributed by atoms with van der Waals surface area (Å²) in [5.74, 6) is 1.66. The van der Waals surface area contributed by atoms with Crippen molar-refractivity contribution >= 4 is 5.91 Å². The molecule has 6 nitrogen and oxygen atoms in total. The smallest absolute Gasteiger partial charge is 0.254 e. The maximum absolute atomic E-state index is 12.9. The number of hydrogen-bond donors (Lipinski definition) is 1. The van der Waals surface area contributed by atoms with Gasteiger partial charge in [0.1, 0.15) is 0 Å². The third-order valence-corrected chi connectivity index (χ3v) is 4.99. The molecule has 1 saturated heterocycles. The zero-order valence-corrected chi connectivity index (χ0v) is 14.4. The van der Waals surface area contributed by atoms with Crippen molar-refractivity contribution in [3.63, 3.8) is 0 Å². The Morgan fingerprint density at radius 3 is 3.00 bits per heavy atom. The lowest BCUT2D eigenvalue weighted by Crippen LogP contribution is -2.37. The van der Waals surface area contributed by atoms with Crippen LogP contribution in [0.25, 0.3) is 11.4 Å². The van der Waals surface area contributed by atoms with Crippen molar-refractivity contribution in [3.8, 4) is 11.4 Å². The van der Waals surface area contributed by atoms with Crippen LogP contribution in [0.1, 0.15) is 61.2 Å². The number of nitrogens with zero attached hydrogens (tertiary/aromatic N) is 3. The number of benzene rings is 1. The van der Waals surface area contributed by atoms with E-state index in [0.29, 0.717) is 29.6 Å². The molecule has 1 aliphatic carbocycles. The minimum Gasteiger partial charge on any atom is -0.393 e. The summed E-state index contributed by atoms with van der Waals surface area (Å²) in [5, 5.41) is 13.7. The van der Waals surface area contributed by atoms with Crippen LogP contribution in [0.2, 0.25) is 0 Å². The molecule has 1 aliphatic heterocycles. The zero-order valence-electron chi connectivity index (χ0n) is 14.4. The van der Waals surface area contributed by atoms with E-state index in [2.05, 4.69) is 10.1 Å². The first-order valence-electron chi connectivity index (χ1n) is 9.05. The van der Waals surface area contributed by atoms with Crippen molar-refractivity contribution < 1.29 is 14.4 Å². The summed E-state index contributed by atoms with van der Waals surface area (Å²) >= 11 is 0. The van der Waals surface area contributed by atoms with Crippen LogP contribution in [0.3, 0.4) is 0 Å². The second-order valence-corrected chi connectivity index (χ2v) is 7.19. The Bertz CT molecular complexity index is 767. The maximum atomic E-state index is 12.9. The van der Waals surface area contributed by atoms with Gasteiger partial charge in [-0.2, -0.15) is 4.98 Å². The van der Waals surface area contributed by atoms with Crippen molar-refractivity contribution in [2.75, 3.05) is 6.54 Å². The first-order valence-corrected chi connectivity index (χ1v) is 9.05. The fraction of sp³-hybridized carbons (Fsp3) is 0.526. The van der Waals surface area contributed by atoms with Gasteiger partial charge in [-0.1, -0.05) is 17.3 Å². The molecule has 2 unspecified atom stereocenters. The van der Waals surface area contributed by atoms with Crippen molar-refractivity contribution in [2.24, 2.45) is 0 Å². The number of rotatable bonds is 5. The van der Waals surface area contributed by atoms with E-state index >= 15 is 0 Å². The van der Waals surface area contributed by atoms with Crippen LogP contribution in [0.5, 0.6) is 0 Å². The van der Waals surface area contributed by atoms with E-state index in [-0.39, 0.29) is 11.9 Å². The zero-order chi connectivity index (χ0) is 17.4. The number of aliphatic hydroxyl groups excluding tert-OH is 1. The van der Waals surface area contributed by atoms with E-state index in [1.807, 2.05) is 29.2 Å². The lowest BCUT2D eigenvalue weighted by atomic mass is 10.1. The van der Waals surface area contributed by atoms with Gasteiger partial charge in [0.15, 0.2) is 0 Å². The summed E-state index contributed by atoms with van der Waals surface area (Å²) in [4.78, 5) is 19.3. The summed E-state index contributed by atoms with van der Waals surface area (Å²) in [6.45, 7) is 2.52. The third kappa shape index (κ3) is 3.44. The number of aromatic nitrogens is 2. The van der Waals surface area contributed by atoms with E-state index in [4.69, 9.17) is 4.52 Å². The molecule has 2 fully saturated rings. The summed E-state index contributed by atoms with van der Waals surface area (Å²) in [6, 6.07) is 7.53. The maximum Gasteiger partial charge on any atom is 0.254 e. The minimum atomic E-state index is -0.398. The highest BCUT2D eigenvalue weighted by molar-refractivity contribution is 5.95. The Kier molecular flexibility index (Phi) is 4.29. The molecule has 1 amide bonds. The van der Waals surface area contributed by atoms with E-state index in [1.54, 1.807) is 6.92 Å². The van der Waals surface area contributed by atoms with Crippen LogP contribution in [0.15, 0.2) is 28.8 Å². The van der Waals surface area contributed by atoms with Crippen LogP contribution in [-0.4, -0.2) is 44.7 Å². The number of carbonyl (C=O) groups excluding carboxylic acids is 1. The largest absolute Gasteiger partial charge is 0.393 e. The first-order chi connectivity index (χ1) is 12.1. The molecular formula is C19H23N3O3. The van der Waals surface area contributed by atoms with E-state index in [0.717, 1.165) is 37.8 Å². The average Bonchev–Trinajstić information content (AvgIpc) is 3.16. The summed E-state index contributed by atoms with van der Waals surface area (Å²) in [6.07, 6.45) is 4.38. The molecule has 2 aliphatic rings. The summed E-state index contributed by atoms with van der Waals surface area (Å²) in [5.41, 5.74) is 1.43. The van der Waals surface area contributed by atoms with Crippen LogP contribution in [0.4, 0.5) is 0 Å². The Balaban J connectivity index is 1.54. The topological polar surface area (TPSA) is 79.5 Å². The molecule has 1 aromatic heterocycles. The molecule has 1 saturated carbocycles. The predicted octanol–water partition coefficient (Wildman–Crippen LogP) is 2.99. The monoisotopic (exact) mass is 341 g/mol. The van der Waals surface area contributed by atoms with Crippen molar-refractivity contribution in [3.05, 3.63) is 35.7 Å². The van der Waals surface area contributed by atoms with Gasteiger partial charge in [0.2, 0.25) is 11.7 Å². The van der Waals surface area contributed by atoms with Gasteiger partial charge in [-0.15, -0.1) is 0 Å². The number of aliphatic hydroxyl groups is 1. The van der Waals surface area contributed by atoms with Gasteiger partial charge in [0, 0.05) is 29.6 Å². The molecule has 132 valence electrons. The van der Waals surface area contributed by atoms with Gasteiger partial charge < -0.3 is 14.5 Å². The second-order valence-electron chi connectivity index (χ2n) is 7.19. The van der Waals surface area contributed by atoms with Crippen LogP contribution in [-0.2, 0) is 0 Å². The fourth-order valence-electron chi connectivity index (χ4n) is 3.55. The van der Waals surface area contributed by atoms with Crippen molar-refractivity contribution in [2.45, 2.75) is 57.1 Å². The number of carbonyl (C=O) groups is 1. The van der Waals surface area contributed by atoms with Crippen molar-refractivity contribution in [1.82, 2.24) is 15.0 Å². The first kappa shape index (κ1) is 16.3. The predicted molar refractivity (Wildman–Crippen MR) is 92.1 cm³/mol. The second kappa shape index (κ2) is 6.59. The van der Waals surface area contributed by atoms with Crippen molar-refractivity contribution in [1.29, 1.82) is 0 Å². The highest BCUT2D eigenvalue weighted by Gasteiger charge is 2.31. The molecule has 4 rings (SSSR count). The SMILES string of the molecule is CC(O)CC1CCCN1C(=O)c1cccc(-c2noc(C3CC3)n2)c1. The highest BCUT2D eigenvalue weighted by atomic mass is 16.5. The fourth-order valence-corrected chi connectivity index (χ4v) is 3.55. The van der Waals surface area contributed by atoms with E-state index in [9.17, 15) is 9.90 Å². The Morgan fingerprint density at radius 2 is 2.24 bits per heavy atom. The molecule has 0 bridgehead atoms. The van der Waals surface area contributed by atoms with Crippen LogP contribution < -0.4 is 0 Å². The van der Waals surface area contributed by atoms with Gasteiger partial charge in [-0.3, -0.25) is 4.79 Å². The normalized spacial score (nSPS) is 21.5. The highest BCUT2D eigenvalue weighted by Crippen LogP contribution is 2.39. The van der Waals surface area contributed by atoms with Crippen LogP contribution in [0, 0.1) is 0 Å². The minimum absolute atomic E-state index is 0.0101. The summed E-state index contributed by atoms with van der Waals surface area (Å²) < 4.78 is 5.32. The van der Waals surface area contributed by atoms with Gasteiger partial charge in [-0.05, 0) is 51.2 Å². The molecule has 1 aromatic carbocycles. The molecule has 1 N–H and O–H groups in total. The quantitative estimate of drug-likeness (QED) is 0.904. The number of likely N-dealkylation sites (tertiary alicyclic amines) is 1. The van der Waals surface area contributed by atoms with Gasteiger partial charge in [0.25, 0.3) is 5.91 Å². The molecule has 2 aromatic rings. The lowest BCUT2D eigenvalue weighted by Gasteiger charge is -2.26. The number of amides is 1. The third-order valence-electron chi connectivity index (χ3n) is 4.99. The standard InChI is InChI=1S/C19H23N3O3/c1-12(23)10-16-6-3-9-22(16)19(24)15-5-2-4-14(11-15)17-20-18(25-21-17)13-7-8-13/h2,4-5,11-13,16,23H,3,6-10H2,1H3. The lowest BCUT2D eigenvalue weighted by molar-refractivity contribution is 0.0682. The molecule has 0 spiro atoms. The molecule has 25 heavy (non-hydrogen) atoms. The molecule has 6 heteroatoms. The van der Waals surface area contributed by atoms with Gasteiger partial charge >= 0.3 is 0 Å². The van der Waals surface area contributed by atoms with Gasteiger partial charge in [0.05, 0.1) is 6.10 Å². The molecular weight excluding hydrogens is 318 g/mol. The number of hydrogen-bond acceptors (Lipinski definition) is 5. The summed E-state index contributed by atoms with van der Waals surface area (Å²) in [7, 11) is 0. The average molecular weight is 341 g/mol. The Morgan fingerprint density at radius 1 is 1.40 bits per heavy atom. The van der Waals surface area contributed by atoms with E-state index < -0.39 is 6.10 Å². The Labute approximate surface area is 146 Å². The molecule has 0 radical (unpaired) electrons. The molecule has 2 atom stereocenters. The van der Waals surface area contributed by atoms with Gasteiger partial charge in [-0.25, -0.2) is 0 Å². The molecule has 2 heterocycles. The Hall–Kier alpha value is -2.21. The van der Waals surface area contributed by atoms with Crippen LogP contribution >= 0.6 is 0 Å².